The average Bonchev–Trinajstić information content (AvgIpc) is 2.17. The molecule has 82 valence electrons. The van der Waals surface area contributed by atoms with Gasteiger partial charge in [-0.2, -0.15) is 0 Å². The number of halogens is 1. The Kier molecular flexibility index (Phi) is 3.36. The van der Waals surface area contributed by atoms with Crippen LogP contribution in [0.15, 0.2) is 18.5 Å². The van der Waals surface area contributed by atoms with E-state index in [1.54, 1.807) is 13.8 Å². The maximum atomic E-state index is 12.8. The van der Waals surface area contributed by atoms with Crippen molar-refractivity contribution >= 4 is 11.6 Å². The topological polar surface area (TPSA) is 51.2 Å². The number of carbonyl (C=O) groups is 1. The zero-order valence-electron chi connectivity index (χ0n) is 8.87. The van der Waals surface area contributed by atoms with Crippen LogP contribution in [0.3, 0.4) is 0 Å². The first-order valence-electron chi connectivity index (χ1n) is 4.43. The smallest absolute Gasteiger partial charge is 0.256 e. The van der Waals surface area contributed by atoms with Gasteiger partial charge in [0.2, 0.25) is 0 Å². The van der Waals surface area contributed by atoms with Gasteiger partial charge in [0.1, 0.15) is 11.4 Å². The number of hydrogen-bond acceptors (Lipinski definition) is 3. The molecule has 0 spiro atoms. The van der Waals surface area contributed by atoms with E-state index >= 15 is 0 Å². The molecule has 0 aliphatic carbocycles. The zero-order valence-corrected chi connectivity index (χ0v) is 8.87. The van der Waals surface area contributed by atoms with Gasteiger partial charge in [-0.05, 0) is 13.8 Å². The highest BCUT2D eigenvalue weighted by Gasteiger charge is 2.26. The molecule has 0 saturated heterocycles. The Bertz CT molecular complexity index is 366. The molecule has 5 heteroatoms. The quantitative estimate of drug-likeness (QED) is 0.827. The highest BCUT2D eigenvalue weighted by molar-refractivity contribution is 5.96. The lowest BCUT2D eigenvalue weighted by Crippen LogP contribution is -2.38. The molecule has 0 aliphatic heterocycles. The van der Waals surface area contributed by atoms with Gasteiger partial charge in [0.15, 0.2) is 0 Å². The van der Waals surface area contributed by atoms with Gasteiger partial charge in [-0.1, -0.05) is 0 Å². The minimum atomic E-state index is -0.952. The number of ether oxygens (including phenoxy) is 1. The largest absolute Gasteiger partial charge is 0.369 e. The summed E-state index contributed by atoms with van der Waals surface area (Å²) in [5.41, 5.74) is -0.642. The molecule has 0 saturated carbocycles. The molecule has 1 aromatic heterocycles. The summed E-state index contributed by atoms with van der Waals surface area (Å²) in [6.45, 7) is 3.24. The lowest BCUT2D eigenvalue weighted by molar-refractivity contribution is -0.133. The molecule has 0 bridgehead atoms. The molecule has 0 aromatic carbocycles. The van der Waals surface area contributed by atoms with Crippen LogP contribution in [0.25, 0.3) is 0 Å². The second kappa shape index (κ2) is 4.35. The Balaban J connectivity index is 2.75. The average molecular weight is 212 g/mol. The molecule has 1 aromatic rings. The number of nitrogens with one attached hydrogen (secondary N) is 1. The number of amides is 1. The summed E-state index contributed by atoms with van der Waals surface area (Å²) < 4.78 is 17.7. The fourth-order valence-corrected chi connectivity index (χ4v) is 0.855. The number of aromatic nitrogens is 1. The SMILES string of the molecule is COC(C)(C)C(=O)Nc1cncc(F)c1. The van der Waals surface area contributed by atoms with Crippen LogP contribution in [0, 0.1) is 5.82 Å². The van der Waals surface area contributed by atoms with E-state index in [4.69, 9.17) is 4.74 Å². The van der Waals surface area contributed by atoms with E-state index in [0.717, 1.165) is 6.20 Å². The molecular formula is C10H13FN2O2. The molecular weight excluding hydrogens is 199 g/mol. The molecule has 0 radical (unpaired) electrons. The van der Waals surface area contributed by atoms with Crippen molar-refractivity contribution in [2.24, 2.45) is 0 Å². The van der Waals surface area contributed by atoms with Gasteiger partial charge in [-0.15, -0.1) is 0 Å². The van der Waals surface area contributed by atoms with Crippen LogP contribution in [-0.2, 0) is 9.53 Å². The van der Waals surface area contributed by atoms with Crippen LogP contribution >= 0.6 is 0 Å². The first-order valence-corrected chi connectivity index (χ1v) is 4.43. The minimum Gasteiger partial charge on any atom is -0.369 e. The van der Waals surface area contributed by atoms with Gasteiger partial charge < -0.3 is 10.1 Å². The monoisotopic (exact) mass is 212 g/mol. The molecule has 0 unspecified atom stereocenters. The number of pyridine rings is 1. The van der Waals surface area contributed by atoms with Gasteiger partial charge in [0.25, 0.3) is 5.91 Å². The Morgan fingerprint density at radius 3 is 2.73 bits per heavy atom. The van der Waals surface area contributed by atoms with E-state index in [-0.39, 0.29) is 5.91 Å². The molecule has 0 aliphatic rings. The van der Waals surface area contributed by atoms with Gasteiger partial charge in [0.05, 0.1) is 18.1 Å². The van der Waals surface area contributed by atoms with Crippen molar-refractivity contribution in [1.82, 2.24) is 4.98 Å². The first kappa shape index (κ1) is 11.6. The molecule has 1 heterocycles. The normalized spacial score (nSPS) is 11.2. The maximum absolute atomic E-state index is 12.8. The van der Waals surface area contributed by atoms with Crippen molar-refractivity contribution < 1.29 is 13.9 Å². The predicted octanol–water partition coefficient (Wildman–Crippen LogP) is 1.58. The summed E-state index contributed by atoms with van der Waals surface area (Å²) in [4.78, 5) is 15.2. The number of anilines is 1. The Hall–Kier alpha value is -1.49. The van der Waals surface area contributed by atoms with Gasteiger partial charge >= 0.3 is 0 Å². The summed E-state index contributed by atoms with van der Waals surface area (Å²) in [5.74, 6) is -0.847. The van der Waals surface area contributed by atoms with Crippen molar-refractivity contribution in [3.8, 4) is 0 Å². The van der Waals surface area contributed by atoms with Crippen molar-refractivity contribution in [2.45, 2.75) is 19.4 Å². The standard InChI is InChI=1S/C10H13FN2O2/c1-10(2,15-3)9(14)13-8-4-7(11)5-12-6-8/h4-6H,1-3H3,(H,13,14). The number of carbonyl (C=O) groups excluding carboxylic acids is 1. The minimum absolute atomic E-state index is 0.310. The second-order valence-corrected chi connectivity index (χ2v) is 3.56. The Morgan fingerprint density at radius 1 is 1.53 bits per heavy atom. The van der Waals surface area contributed by atoms with E-state index in [2.05, 4.69) is 10.3 Å². The maximum Gasteiger partial charge on any atom is 0.256 e. The second-order valence-electron chi connectivity index (χ2n) is 3.56. The van der Waals surface area contributed by atoms with E-state index in [1.807, 2.05) is 0 Å². The van der Waals surface area contributed by atoms with Crippen LogP contribution < -0.4 is 5.32 Å². The Morgan fingerprint density at radius 2 is 2.20 bits per heavy atom. The van der Waals surface area contributed by atoms with Crippen LogP contribution in [0.1, 0.15) is 13.8 Å². The molecule has 15 heavy (non-hydrogen) atoms. The molecule has 0 fully saturated rings. The zero-order chi connectivity index (χ0) is 11.5. The van der Waals surface area contributed by atoms with Gasteiger partial charge in [-0.25, -0.2) is 4.39 Å². The highest BCUT2D eigenvalue weighted by Crippen LogP contribution is 2.13. The predicted molar refractivity (Wildman–Crippen MR) is 53.9 cm³/mol. The first-order chi connectivity index (χ1) is 6.95. The van der Waals surface area contributed by atoms with Crippen LogP contribution in [0.4, 0.5) is 10.1 Å². The number of methoxy groups -OCH3 is 1. The third kappa shape index (κ3) is 2.99. The molecule has 1 rings (SSSR count). The third-order valence-electron chi connectivity index (χ3n) is 2.02. The molecule has 1 amide bonds. The van der Waals surface area contributed by atoms with Crippen molar-refractivity contribution in [3.63, 3.8) is 0 Å². The van der Waals surface area contributed by atoms with E-state index in [9.17, 15) is 9.18 Å². The lowest BCUT2D eigenvalue weighted by Gasteiger charge is -2.21. The molecule has 1 N–H and O–H groups in total. The third-order valence-corrected chi connectivity index (χ3v) is 2.02. The van der Waals surface area contributed by atoms with Crippen molar-refractivity contribution in [3.05, 3.63) is 24.3 Å². The summed E-state index contributed by atoms with van der Waals surface area (Å²) >= 11 is 0. The van der Waals surface area contributed by atoms with Crippen LogP contribution in [-0.4, -0.2) is 23.6 Å². The van der Waals surface area contributed by atoms with Crippen LogP contribution in [0.2, 0.25) is 0 Å². The van der Waals surface area contributed by atoms with Gasteiger partial charge in [-0.3, -0.25) is 9.78 Å². The summed E-state index contributed by atoms with van der Waals surface area (Å²) in [6, 6.07) is 1.19. The number of nitrogens with zero attached hydrogens (tertiary/aromatic N) is 1. The molecule has 0 atom stereocenters. The fraction of sp³-hybridized carbons (Fsp3) is 0.400. The summed E-state index contributed by atoms with van der Waals surface area (Å²) in [7, 11) is 1.43. The van der Waals surface area contributed by atoms with Gasteiger partial charge in [0, 0.05) is 13.2 Å². The summed E-state index contributed by atoms with van der Waals surface area (Å²) in [6.07, 6.45) is 2.43. The summed E-state index contributed by atoms with van der Waals surface area (Å²) in [5, 5.41) is 2.51. The van der Waals surface area contributed by atoms with E-state index < -0.39 is 11.4 Å². The van der Waals surface area contributed by atoms with E-state index in [0.29, 0.717) is 5.69 Å². The Labute approximate surface area is 87.5 Å². The fourth-order valence-electron chi connectivity index (χ4n) is 0.855. The lowest BCUT2D eigenvalue weighted by atomic mass is 10.1. The number of rotatable bonds is 3. The number of hydrogen-bond donors (Lipinski definition) is 1. The van der Waals surface area contributed by atoms with Crippen molar-refractivity contribution in [2.75, 3.05) is 12.4 Å². The van der Waals surface area contributed by atoms with Crippen LogP contribution in [0.5, 0.6) is 0 Å². The molecule has 4 nitrogen and oxygen atoms in total. The van der Waals surface area contributed by atoms with Crippen molar-refractivity contribution in [1.29, 1.82) is 0 Å². The highest BCUT2D eigenvalue weighted by atomic mass is 19.1. The van der Waals surface area contributed by atoms with E-state index in [1.165, 1.54) is 19.4 Å².